The maximum Gasteiger partial charge on any atom is 0.338 e. The Kier molecular flexibility index (Phi) is 2.55. The van der Waals surface area contributed by atoms with E-state index in [1.54, 1.807) is 6.07 Å². The summed E-state index contributed by atoms with van der Waals surface area (Å²) < 4.78 is 0.834. The highest BCUT2D eigenvalue weighted by Crippen LogP contribution is 2.31. The number of hydrogen-bond acceptors (Lipinski definition) is 4. The summed E-state index contributed by atoms with van der Waals surface area (Å²) in [6.45, 7) is 4.06. The molecule has 1 heterocycles. The number of nitrogens with zero attached hydrogens (tertiary/aromatic N) is 1. The standard InChI is InChI=1S/C11H12N2O2S/c1-5(2)10-13-9-7(11(14)15)3-6(12)4-8(9)16-10/h3-5H,12H2,1-2H3,(H,14,15). The van der Waals surface area contributed by atoms with E-state index in [2.05, 4.69) is 4.98 Å². The van der Waals surface area contributed by atoms with Crippen molar-refractivity contribution in [2.45, 2.75) is 19.8 Å². The van der Waals surface area contributed by atoms with Gasteiger partial charge in [-0.1, -0.05) is 13.8 Å². The molecule has 0 spiro atoms. The third kappa shape index (κ3) is 1.74. The van der Waals surface area contributed by atoms with E-state index in [1.807, 2.05) is 13.8 Å². The molecule has 2 aromatic rings. The van der Waals surface area contributed by atoms with E-state index in [-0.39, 0.29) is 5.56 Å². The van der Waals surface area contributed by atoms with Crippen molar-refractivity contribution < 1.29 is 9.90 Å². The van der Waals surface area contributed by atoms with E-state index < -0.39 is 5.97 Å². The zero-order valence-corrected chi connectivity index (χ0v) is 9.84. The minimum Gasteiger partial charge on any atom is -0.478 e. The molecule has 4 nitrogen and oxygen atoms in total. The van der Waals surface area contributed by atoms with Gasteiger partial charge in [-0.15, -0.1) is 11.3 Å². The summed E-state index contributed by atoms with van der Waals surface area (Å²) in [6.07, 6.45) is 0. The molecule has 0 aliphatic carbocycles. The number of anilines is 1. The lowest BCUT2D eigenvalue weighted by atomic mass is 10.1. The summed E-state index contributed by atoms with van der Waals surface area (Å²) in [5.74, 6) is -0.696. The fourth-order valence-electron chi connectivity index (χ4n) is 1.48. The molecule has 0 unspecified atom stereocenters. The molecule has 84 valence electrons. The van der Waals surface area contributed by atoms with E-state index in [0.29, 0.717) is 17.1 Å². The molecule has 0 fully saturated rings. The Balaban J connectivity index is 2.75. The van der Waals surface area contributed by atoms with Crippen LogP contribution in [0, 0.1) is 0 Å². The van der Waals surface area contributed by atoms with Crippen LogP contribution in [0.5, 0.6) is 0 Å². The summed E-state index contributed by atoms with van der Waals surface area (Å²) in [7, 11) is 0. The van der Waals surface area contributed by atoms with Crippen LogP contribution in [0.25, 0.3) is 10.2 Å². The summed E-state index contributed by atoms with van der Waals surface area (Å²) in [4.78, 5) is 15.4. The molecular formula is C11H12N2O2S. The van der Waals surface area contributed by atoms with Gasteiger partial charge >= 0.3 is 5.97 Å². The third-order valence-electron chi connectivity index (χ3n) is 2.26. The Morgan fingerprint density at radius 3 is 2.75 bits per heavy atom. The van der Waals surface area contributed by atoms with Gasteiger partial charge in [-0.25, -0.2) is 9.78 Å². The predicted molar refractivity (Wildman–Crippen MR) is 65.1 cm³/mol. The Morgan fingerprint density at radius 2 is 2.19 bits per heavy atom. The second kappa shape index (κ2) is 3.75. The first-order chi connectivity index (χ1) is 7.49. The number of aromatic nitrogens is 1. The number of hydrogen-bond donors (Lipinski definition) is 2. The SMILES string of the molecule is CC(C)c1nc2c(C(=O)O)cc(N)cc2s1. The van der Waals surface area contributed by atoms with Gasteiger partial charge in [-0.05, 0) is 12.1 Å². The summed E-state index contributed by atoms with van der Waals surface area (Å²) in [5.41, 5.74) is 6.84. The molecule has 0 aliphatic heterocycles. The van der Waals surface area contributed by atoms with E-state index in [0.717, 1.165) is 9.71 Å². The molecule has 0 aliphatic rings. The fourth-order valence-corrected chi connectivity index (χ4v) is 2.52. The average molecular weight is 236 g/mol. The van der Waals surface area contributed by atoms with E-state index in [9.17, 15) is 4.79 Å². The molecular weight excluding hydrogens is 224 g/mol. The van der Waals surface area contributed by atoms with Crippen LogP contribution in [0.1, 0.15) is 35.1 Å². The van der Waals surface area contributed by atoms with Crippen LogP contribution in [0.4, 0.5) is 5.69 Å². The van der Waals surface area contributed by atoms with Crippen molar-refractivity contribution in [1.82, 2.24) is 4.98 Å². The van der Waals surface area contributed by atoms with E-state index in [4.69, 9.17) is 10.8 Å². The predicted octanol–water partition coefficient (Wildman–Crippen LogP) is 2.70. The second-order valence-electron chi connectivity index (χ2n) is 3.93. The number of carboxylic acids is 1. The highest BCUT2D eigenvalue weighted by Gasteiger charge is 2.15. The van der Waals surface area contributed by atoms with Crippen LogP contribution < -0.4 is 5.73 Å². The van der Waals surface area contributed by atoms with Crippen molar-refractivity contribution in [3.05, 3.63) is 22.7 Å². The molecule has 0 amide bonds. The monoisotopic (exact) mass is 236 g/mol. The number of thiazole rings is 1. The van der Waals surface area contributed by atoms with Gasteiger partial charge in [-0.2, -0.15) is 0 Å². The summed E-state index contributed by atoms with van der Waals surface area (Å²) >= 11 is 1.50. The molecule has 16 heavy (non-hydrogen) atoms. The summed E-state index contributed by atoms with van der Waals surface area (Å²) in [5, 5.41) is 10.00. The van der Waals surface area contributed by atoms with Crippen molar-refractivity contribution >= 4 is 33.2 Å². The molecule has 5 heteroatoms. The largest absolute Gasteiger partial charge is 0.478 e. The fraction of sp³-hybridized carbons (Fsp3) is 0.273. The molecule has 0 atom stereocenters. The van der Waals surface area contributed by atoms with Gasteiger partial charge in [0.1, 0.15) is 0 Å². The third-order valence-corrected chi connectivity index (χ3v) is 3.56. The molecule has 0 saturated heterocycles. The summed E-state index contributed by atoms with van der Waals surface area (Å²) in [6, 6.07) is 3.22. The highest BCUT2D eigenvalue weighted by molar-refractivity contribution is 7.18. The number of nitrogen functional groups attached to an aromatic ring is 1. The van der Waals surface area contributed by atoms with E-state index in [1.165, 1.54) is 17.4 Å². The maximum atomic E-state index is 11.1. The van der Waals surface area contributed by atoms with Gasteiger partial charge < -0.3 is 10.8 Å². The lowest BCUT2D eigenvalue weighted by Gasteiger charge is -1.98. The van der Waals surface area contributed by atoms with Crippen molar-refractivity contribution in [2.24, 2.45) is 0 Å². The minimum absolute atomic E-state index is 0.179. The van der Waals surface area contributed by atoms with Gasteiger partial charge in [0.15, 0.2) is 0 Å². The first kappa shape index (κ1) is 10.9. The second-order valence-corrected chi connectivity index (χ2v) is 4.99. The van der Waals surface area contributed by atoms with Gasteiger partial charge in [0.05, 0.1) is 20.8 Å². The molecule has 1 aromatic heterocycles. The van der Waals surface area contributed by atoms with Crippen LogP contribution in [-0.2, 0) is 0 Å². The number of carboxylic acid groups (broad SMARTS) is 1. The zero-order valence-electron chi connectivity index (χ0n) is 9.02. The highest BCUT2D eigenvalue weighted by atomic mass is 32.1. The lowest BCUT2D eigenvalue weighted by molar-refractivity contribution is 0.0699. The molecule has 0 saturated carbocycles. The Hall–Kier alpha value is -1.62. The number of rotatable bonds is 2. The minimum atomic E-state index is -0.988. The van der Waals surface area contributed by atoms with Gasteiger partial charge in [0, 0.05) is 11.6 Å². The lowest BCUT2D eigenvalue weighted by Crippen LogP contribution is -1.99. The van der Waals surface area contributed by atoms with Crippen molar-refractivity contribution in [2.75, 3.05) is 5.73 Å². The normalized spacial score (nSPS) is 11.2. The Bertz CT molecular complexity index is 560. The van der Waals surface area contributed by atoms with Crippen molar-refractivity contribution in [3.63, 3.8) is 0 Å². The Labute approximate surface area is 96.7 Å². The first-order valence-electron chi connectivity index (χ1n) is 4.92. The van der Waals surface area contributed by atoms with Crippen LogP contribution in [0.2, 0.25) is 0 Å². The quantitative estimate of drug-likeness (QED) is 0.786. The van der Waals surface area contributed by atoms with Crippen molar-refractivity contribution in [3.8, 4) is 0 Å². The van der Waals surface area contributed by atoms with Gasteiger partial charge in [0.25, 0.3) is 0 Å². The van der Waals surface area contributed by atoms with Crippen LogP contribution >= 0.6 is 11.3 Å². The first-order valence-corrected chi connectivity index (χ1v) is 5.74. The number of fused-ring (bicyclic) bond motifs is 1. The number of nitrogens with two attached hydrogens (primary N) is 1. The molecule has 0 radical (unpaired) electrons. The maximum absolute atomic E-state index is 11.1. The van der Waals surface area contributed by atoms with Crippen LogP contribution in [0.15, 0.2) is 12.1 Å². The molecule has 1 aromatic carbocycles. The number of carbonyl (C=O) groups is 1. The number of benzene rings is 1. The zero-order chi connectivity index (χ0) is 11.9. The average Bonchev–Trinajstić information content (AvgIpc) is 2.59. The van der Waals surface area contributed by atoms with Gasteiger partial charge in [-0.3, -0.25) is 0 Å². The molecule has 0 bridgehead atoms. The van der Waals surface area contributed by atoms with Crippen molar-refractivity contribution in [1.29, 1.82) is 0 Å². The Morgan fingerprint density at radius 1 is 1.50 bits per heavy atom. The van der Waals surface area contributed by atoms with Crippen LogP contribution in [-0.4, -0.2) is 16.1 Å². The smallest absolute Gasteiger partial charge is 0.338 e. The number of aromatic carboxylic acids is 1. The molecule has 3 N–H and O–H groups in total. The topological polar surface area (TPSA) is 76.2 Å². The molecule has 2 rings (SSSR count). The van der Waals surface area contributed by atoms with Crippen LogP contribution in [0.3, 0.4) is 0 Å². The van der Waals surface area contributed by atoms with Gasteiger partial charge in [0.2, 0.25) is 0 Å². The van der Waals surface area contributed by atoms with E-state index >= 15 is 0 Å².